The Balaban J connectivity index is 2.17. The van der Waals surface area contributed by atoms with Crippen molar-refractivity contribution < 1.29 is 9.90 Å². The Bertz CT molecular complexity index is 836. The predicted octanol–water partition coefficient (Wildman–Crippen LogP) is 6.32. The molecule has 124 valence electrons. The lowest BCUT2D eigenvalue weighted by molar-refractivity contribution is -0.115. The van der Waals surface area contributed by atoms with Crippen LogP contribution in [0.1, 0.15) is 32.3 Å². The summed E-state index contributed by atoms with van der Waals surface area (Å²) in [5.74, 6) is -0.0126. The summed E-state index contributed by atoms with van der Waals surface area (Å²) in [5, 5.41) is 11.5. The minimum atomic E-state index is -0.447. The van der Waals surface area contributed by atoms with Crippen molar-refractivity contribution in [2.45, 2.75) is 26.7 Å². The van der Waals surface area contributed by atoms with E-state index in [4.69, 9.17) is 23.2 Å². The second-order valence-corrected chi connectivity index (χ2v) is 7.52. The Kier molecular flexibility index (Phi) is 4.46. The summed E-state index contributed by atoms with van der Waals surface area (Å²) in [6.07, 6.45) is 1.01. The van der Waals surface area contributed by atoms with Gasteiger partial charge in [-0.05, 0) is 24.1 Å². The van der Waals surface area contributed by atoms with Gasteiger partial charge in [0.1, 0.15) is 5.76 Å². The van der Waals surface area contributed by atoms with Gasteiger partial charge in [-0.1, -0.05) is 67.4 Å². The smallest absolute Gasteiger partial charge is 0.166 e. The molecule has 0 saturated carbocycles. The SMILES string of the molecule is CC1(C)CCC(=O)C(c2cc(Cl)c(-c3ccccc3)cc2Cl)=C1O. The predicted molar refractivity (Wildman–Crippen MR) is 99.5 cm³/mol. The van der Waals surface area contributed by atoms with E-state index in [1.807, 2.05) is 44.2 Å². The van der Waals surface area contributed by atoms with E-state index in [1.54, 1.807) is 12.1 Å². The summed E-state index contributed by atoms with van der Waals surface area (Å²) in [6, 6.07) is 13.1. The molecule has 1 aliphatic rings. The number of benzene rings is 2. The quantitative estimate of drug-likeness (QED) is 0.680. The zero-order valence-electron chi connectivity index (χ0n) is 13.6. The van der Waals surface area contributed by atoms with E-state index in [2.05, 4.69) is 0 Å². The largest absolute Gasteiger partial charge is 0.511 e. The average molecular weight is 361 g/mol. The number of carbonyl (C=O) groups is 1. The van der Waals surface area contributed by atoms with Crippen LogP contribution in [0.15, 0.2) is 48.2 Å². The van der Waals surface area contributed by atoms with E-state index >= 15 is 0 Å². The van der Waals surface area contributed by atoms with Crippen LogP contribution < -0.4 is 0 Å². The van der Waals surface area contributed by atoms with E-state index in [-0.39, 0.29) is 17.1 Å². The molecule has 0 spiro atoms. The molecule has 0 bridgehead atoms. The van der Waals surface area contributed by atoms with Crippen LogP contribution in [0, 0.1) is 5.41 Å². The first-order chi connectivity index (χ1) is 11.3. The van der Waals surface area contributed by atoms with Crippen molar-refractivity contribution in [2.24, 2.45) is 5.41 Å². The van der Waals surface area contributed by atoms with Crippen molar-refractivity contribution in [2.75, 3.05) is 0 Å². The van der Waals surface area contributed by atoms with Crippen molar-refractivity contribution in [3.63, 3.8) is 0 Å². The molecule has 3 rings (SSSR count). The molecule has 0 heterocycles. The lowest BCUT2D eigenvalue weighted by atomic mass is 9.75. The summed E-state index contributed by atoms with van der Waals surface area (Å²) >= 11 is 12.9. The van der Waals surface area contributed by atoms with Gasteiger partial charge >= 0.3 is 0 Å². The van der Waals surface area contributed by atoms with Crippen LogP contribution in [0.5, 0.6) is 0 Å². The molecule has 2 aromatic carbocycles. The third-order valence-electron chi connectivity index (χ3n) is 4.54. The molecule has 2 aromatic rings. The number of aliphatic hydroxyl groups is 1. The van der Waals surface area contributed by atoms with Gasteiger partial charge in [-0.25, -0.2) is 0 Å². The minimum Gasteiger partial charge on any atom is -0.511 e. The van der Waals surface area contributed by atoms with Gasteiger partial charge in [0.25, 0.3) is 0 Å². The van der Waals surface area contributed by atoms with Crippen LogP contribution in [0.25, 0.3) is 16.7 Å². The molecular formula is C20H18Cl2O2. The van der Waals surface area contributed by atoms with Crippen LogP contribution in [0.4, 0.5) is 0 Å². The molecule has 0 atom stereocenters. The Morgan fingerprint density at radius 1 is 1.00 bits per heavy atom. The summed E-state index contributed by atoms with van der Waals surface area (Å²) in [6.45, 7) is 3.84. The van der Waals surface area contributed by atoms with Crippen LogP contribution in [0.2, 0.25) is 10.0 Å². The van der Waals surface area contributed by atoms with Crippen LogP contribution in [-0.2, 0) is 4.79 Å². The number of hydrogen-bond acceptors (Lipinski definition) is 2. The van der Waals surface area contributed by atoms with Gasteiger partial charge in [-0.2, -0.15) is 0 Å². The van der Waals surface area contributed by atoms with Gasteiger partial charge < -0.3 is 5.11 Å². The van der Waals surface area contributed by atoms with E-state index in [0.29, 0.717) is 28.5 Å². The highest BCUT2D eigenvalue weighted by Gasteiger charge is 2.35. The molecule has 24 heavy (non-hydrogen) atoms. The molecule has 4 heteroatoms. The molecule has 0 aromatic heterocycles. The van der Waals surface area contributed by atoms with Crippen molar-refractivity contribution in [1.29, 1.82) is 0 Å². The summed E-state index contributed by atoms with van der Waals surface area (Å²) in [4.78, 5) is 12.4. The highest BCUT2D eigenvalue weighted by molar-refractivity contribution is 6.38. The number of allylic oxidation sites excluding steroid dienone is 2. The van der Waals surface area contributed by atoms with Crippen molar-refractivity contribution in [3.8, 4) is 11.1 Å². The van der Waals surface area contributed by atoms with E-state index < -0.39 is 5.41 Å². The molecule has 2 nitrogen and oxygen atoms in total. The van der Waals surface area contributed by atoms with Crippen molar-refractivity contribution >= 4 is 34.6 Å². The lowest BCUT2D eigenvalue weighted by Gasteiger charge is -2.30. The second-order valence-electron chi connectivity index (χ2n) is 6.71. The Hall–Kier alpha value is -1.77. The average Bonchev–Trinajstić information content (AvgIpc) is 2.55. The fourth-order valence-corrected chi connectivity index (χ4v) is 3.53. The van der Waals surface area contributed by atoms with E-state index in [9.17, 15) is 9.90 Å². The van der Waals surface area contributed by atoms with E-state index in [1.165, 1.54) is 0 Å². The maximum atomic E-state index is 12.4. The van der Waals surface area contributed by atoms with Gasteiger partial charge in [0.2, 0.25) is 0 Å². The zero-order chi connectivity index (χ0) is 17.5. The summed E-state index contributed by atoms with van der Waals surface area (Å²) in [7, 11) is 0. The molecule has 0 saturated heterocycles. The first kappa shape index (κ1) is 17.1. The molecule has 1 aliphatic carbocycles. The third kappa shape index (κ3) is 2.97. The highest BCUT2D eigenvalue weighted by atomic mass is 35.5. The maximum Gasteiger partial charge on any atom is 0.166 e. The van der Waals surface area contributed by atoms with Gasteiger partial charge in [-0.15, -0.1) is 0 Å². The second kappa shape index (κ2) is 6.27. The molecule has 1 N–H and O–H groups in total. The third-order valence-corrected chi connectivity index (χ3v) is 5.17. The molecule has 0 unspecified atom stereocenters. The highest BCUT2D eigenvalue weighted by Crippen LogP contribution is 2.44. The molecule has 0 amide bonds. The Morgan fingerprint density at radius 3 is 2.25 bits per heavy atom. The molecular weight excluding hydrogens is 343 g/mol. The first-order valence-electron chi connectivity index (χ1n) is 7.83. The van der Waals surface area contributed by atoms with Gasteiger partial charge in [0, 0.05) is 33.0 Å². The van der Waals surface area contributed by atoms with Crippen molar-refractivity contribution in [3.05, 3.63) is 63.8 Å². The topological polar surface area (TPSA) is 37.3 Å². The number of aliphatic hydroxyl groups excluding tert-OH is 1. The van der Waals surface area contributed by atoms with Crippen LogP contribution in [0.3, 0.4) is 0 Å². The standard InChI is InChI=1S/C20H18Cl2O2/c1-20(2)9-8-17(23)18(19(20)24)14-11-15(21)13(10-16(14)22)12-6-4-3-5-7-12/h3-7,10-11,24H,8-9H2,1-2H3. The fourth-order valence-electron chi connectivity index (χ4n) is 2.99. The normalized spacial score (nSPS) is 17.2. The van der Waals surface area contributed by atoms with E-state index in [0.717, 1.165) is 11.1 Å². The summed E-state index contributed by atoms with van der Waals surface area (Å²) < 4.78 is 0. The number of halogens is 2. The molecule has 0 aliphatic heterocycles. The van der Waals surface area contributed by atoms with Crippen LogP contribution >= 0.6 is 23.2 Å². The number of carbonyl (C=O) groups excluding carboxylic acids is 1. The number of Topliss-reactive ketones (excluding diaryl/α,β-unsaturated/α-hetero) is 1. The number of hydrogen-bond donors (Lipinski definition) is 1. The Labute approximate surface area is 151 Å². The van der Waals surface area contributed by atoms with Crippen molar-refractivity contribution in [1.82, 2.24) is 0 Å². The maximum absolute atomic E-state index is 12.4. The van der Waals surface area contributed by atoms with Gasteiger partial charge in [0.05, 0.1) is 5.57 Å². The van der Waals surface area contributed by atoms with Crippen LogP contribution in [-0.4, -0.2) is 10.9 Å². The Morgan fingerprint density at radius 2 is 1.58 bits per heavy atom. The minimum absolute atomic E-state index is 0.0872. The van der Waals surface area contributed by atoms with Gasteiger partial charge in [0.15, 0.2) is 5.78 Å². The summed E-state index contributed by atoms with van der Waals surface area (Å²) in [5.41, 5.74) is 2.09. The monoisotopic (exact) mass is 360 g/mol. The zero-order valence-corrected chi connectivity index (χ0v) is 15.1. The fraction of sp³-hybridized carbons (Fsp3) is 0.250. The van der Waals surface area contributed by atoms with Gasteiger partial charge in [-0.3, -0.25) is 4.79 Å². The molecule has 0 radical (unpaired) electrons. The first-order valence-corrected chi connectivity index (χ1v) is 8.58. The lowest BCUT2D eigenvalue weighted by Crippen LogP contribution is -2.25. The number of ketones is 1. The molecule has 0 fully saturated rings. The number of rotatable bonds is 2.